The highest BCUT2D eigenvalue weighted by molar-refractivity contribution is 6.30. The minimum atomic E-state index is -0.336. The molecule has 1 saturated carbocycles. The van der Waals surface area contributed by atoms with Crippen LogP contribution in [0.5, 0.6) is 0 Å². The smallest absolute Gasteiger partial charge is 0.0821 e. The maximum atomic E-state index is 10.6. The standard InChI is InChI=1S/C16H19ClO/c17-13-9-12-7-4-8-14(12)15(10-13)16(18)11-5-2-1-3-6-11/h4,7,9-11,16,18H,1-3,5-6,8H2. The van der Waals surface area contributed by atoms with Crippen LogP contribution in [-0.4, -0.2) is 5.11 Å². The fourth-order valence-electron chi connectivity index (χ4n) is 3.34. The minimum absolute atomic E-state index is 0.336. The third kappa shape index (κ3) is 2.22. The highest BCUT2D eigenvalue weighted by atomic mass is 35.5. The van der Waals surface area contributed by atoms with E-state index in [9.17, 15) is 5.11 Å². The lowest BCUT2D eigenvalue weighted by Gasteiger charge is -2.28. The van der Waals surface area contributed by atoms with Crippen molar-refractivity contribution < 1.29 is 5.11 Å². The summed E-state index contributed by atoms with van der Waals surface area (Å²) in [5, 5.41) is 11.4. The predicted octanol–water partition coefficient (Wildman–Crippen LogP) is 4.52. The van der Waals surface area contributed by atoms with Crippen LogP contribution in [0.25, 0.3) is 6.08 Å². The lowest BCUT2D eigenvalue weighted by atomic mass is 9.81. The summed E-state index contributed by atoms with van der Waals surface area (Å²) in [6.45, 7) is 0. The summed E-state index contributed by atoms with van der Waals surface area (Å²) in [7, 11) is 0. The molecule has 0 heterocycles. The van der Waals surface area contributed by atoms with Gasteiger partial charge in [-0.15, -0.1) is 0 Å². The van der Waals surface area contributed by atoms with Crippen molar-refractivity contribution in [1.82, 2.24) is 0 Å². The Kier molecular flexibility index (Phi) is 3.45. The van der Waals surface area contributed by atoms with Gasteiger partial charge in [-0.3, -0.25) is 0 Å². The second kappa shape index (κ2) is 5.07. The Morgan fingerprint density at radius 2 is 1.94 bits per heavy atom. The Hall–Kier alpha value is -0.790. The van der Waals surface area contributed by atoms with E-state index >= 15 is 0 Å². The van der Waals surface area contributed by atoms with Crippen molar-refractivity contribution in [2.24, 2.45) is 5.92 Å². The summed E-state index contributed by atoms with van der Waals surface area (Å²) < 4.78 is 0. The van der Waals surface area contributed by atoms with E-state index in [4.69, 9.17) is 11.6 Å². The number of aliphatic hydroxyl groups excluding tert-OH is 1. The molecule has 0 radical (unpaired) electrons. The summed E-state index contributed by atoms with van der Waals surface area (Å²) in [5.41, 5.74) is 3.53. The SMILES string of the molecule is OC(c1cc(Cl)cc2c1CC=C2)C1CCCCC1. The Bertz CT molecular complexity index is 472. The summed E-state index contributed by atoms with van der Waals surface area (Å²) in [5.74, 6) is 0.418. The van der Waals surface area contributed by atoms with Crippen LogP contribution in [0.4, 0.5) is 0 Å². The first kappa shape index (κ1) is 12.3. The summed E-state index contributed by atoms with van der Waals surface area (Å²) in [4.78, 5) is 0. The van der Waals surface area contributed by atoms with Crippen LogP contribution in [0.3, 0.4) is 0 Å². The summed E-state index contributed by atoms with van der Waals surface area (Å²) >= 11 is 6.17. The van der Waals surface area contributed by atoms with Crippen LogP contribution in [0, 0.1) is 5.92 Å². The zero-order chi connectivity index (χ0) is 12.5. The molecule has 1 N–H and O–H groups in total. The molecular weight excluding hydrogens is 244 g/mol. The van der Waals surface area contributed by atoms with E-state index in [0.717, 1.165) is 29.8 Å². The van der Waals surface area contributed by atoms with Crippen molar-refractivity contribution in [3.05, 3.63) is 39.9 Å². The van der Waals surface area contributed by atoms with Crippen molar-refractivity contribution in [3.63, 3.8) is 0 Å². The van der Waals surface area contributed by atoms with Crippen LogP contribution < -0.4 is 0 Å². The number of hydrogen-bond donors (Lipinski definition) is 1. The minimum Gasteiger partial charge on any atom is -0.388 e. The Labute approximate surface area is 113 Å². The molecule has 0 bridgehead atoms. The van der Waals surface area contributed by atoms with Gasteiger partial charge in [-0.25, -0.2) is 0 Å². The highest BCUT2D eigenvalue weighted by Crippen LogP contribution is 2.39. The third-order valence-corrected chi connectivity index (χ3v) is 4.54. The zero-order valence-electron chi connectivity index (χ0n) is 10.5. The Balaban J connectivity index is 1.92. The molecule has 0 spiro atoms. The zero-order valence-corrected chi connectivity index (χ0v) is 11.3. The summed E-state index contributed by atoms with van der Waals surface area (Å²) in [6, 6.07) is 3.96. The fraction of sp³-hybridized carbons (Fsp3) is 0.500. The topological polar surface area (TPSA) is 20.2 Å². The average Bonchev–Trinajstić information content (AvgIpc) is 2.86. The van der Waals surface area contributed by atoms with Gasteiger partial charge in [0.1, 0.15) is 0 Å². The molecule has 0 amide bonds. The Morgan fingerprint density at radius 3 is 2.72 bits per heavy atom. The number of allylic oxidation sites excluding steroid dienone is 1. The van der Waals surface area contributed by atoms with Gasteiger partial charge >= 0.3 is 0 Å². The lowest BCUT2D eigenvalue weighted by molar-refractivity contribution is 0.0842. The van der Waals surface area contributed by atoms with Gasteiger partial charge in [0.05, 0.1) is 6.10 Å². The third-order valence-electron chi connectivity index (χ3n) is 4.32. The lowest BCUT2D eigenvalue weighted by Crippen LogP contribution is -2.17. The monoisotopic (exact) mass is 262 g/mol. The molecule has 2 aliphatic rings. The van der Waals surface area contributed by atoms with Crippen LogP contribution in [0.15, 0.2) is 18.2 Å². The first-order valence-electron chi connectivity index (χ1n) is 6.92. The van der Waals surface area contributed by atoms with Crippen molar-refractivity contribution >= 4 is 17.7 Å². The molecular formula is C16H19ClO. The van der Waals surface area contributed by atoms with Gasteiger partial charge in [0.2, 0.25) is 0 Å². The molecule has 96 valence electrons. The quantitative estimate of drug-likeness (QED) is 0.831. The van der Waals surface area contributed by atoms with Gasteiger partial charge in [0.15, 0.2) is 0 Å². The van der Waals surface area contributed by atoms with Crippen LogP contribution in [0.1, 0.15) is 54.9 Å². The maximum Gasteiger partial charge on any atom is 0.0821 e. The molecule has 1 aromatic rings. The number of hydrogen-bond acceptors (Lipinski definition) is 1. The molecule has 0 aromatic heterocycles. The van der Waals surface area contributed by atoms with Crippen molar-refractivity contribution in [1.29, 1.82) is 0 Å². The van der Waals surface area contributed by atoms with E-state index < -0.39 is 0 Å². The normalized spacial score (nSPS) is 21.0. The van der Waals surface area contributed by atoms with E-state index in [2.05, 4.69) is 12.2 Å². The van der Waals surface area contributed by atoms with Crippen molar-refractivity contribution in [2.45, 2.75) is 44.6 Å². The molecule has 0 saturated heterocycles. The first-order valence-corrected chi connectivity index (χ1v) is 7.30. The van der Waals surface area contributed by atoms with Gasteiger partial charge in [-0.2, -0.15) is 0 Å². The largest absolute Gasteiger partial charge is 0.388 e. The fourth-order valence-corrected chi connectivity index (χ4v) is 3.57. The number of benzene rings is 1. The van der Waals surface area contributed by atoms with E-state index in [1.54, 1.807) is 0 Å². The molecule has 2 aliphatic carbocycles. The molecule has 1 unspecified atom stereocenters. The molecule has 1 fully saturated rings. The van der Waals surface area contributed by atoms with Crippen LogP contribution >= 0.6 is 11.6 Å². The number of halogens is 1. The van der Waals surface area contributed by atoms with Gasteiger partial charge in [0.25, 0.3) is 0 Å². The number of fused-ring (bicyclic) bond motifs is 1. The number of rotatable bonds is 2. The molecule has 18 heavy (non-hydrogen) atoms. The second-order valence-electron chi connectivity index (χ2n) is 5.51. The van der Waals surface area contributed by atoms with E-state index in [0.29, 0.717) is 5.92 Å². The molecule has 1 nitrogen and oxygen atoms in total. The molecule has 1 aromatic carbocycles. The van der Waals surface area contributed by atoms with Gasteiger partial charge in [-0.05, 0) is 54.0 Å². The van der Waals surface area contributed by atoms with Crippen molar-refractivity contribution in [3.8, 4) is 0 Å². The molecule has 1 atom stereocenters. The molecule has 0 aliphatic heterocycles. The van der Waals surface area contributed by atoms with Crippen LogP contribution in [-0.2, 0) is 6.42 Å². The number of aliphatic hydroxyl groups is 1. The van der Waals surface area contributed by atoms with Crippen LogP contribution in [0.2, 0.25) is 5.02 Å². The van der Waals surface area contributed by atoms with Crippen molar-refractivity contribution in [2.75, 3.05) is 0 Å². The van der Waals surface area contributed by atoms with Gasteiger partial charge in [-0.1, -0.05) is 43.0 Å². The molecule has 2 heteroatoms. The Morgan fingerprint density at radius 1 is 1.17 bits per heavy atom. The first-order chi connectivity index (χ1) is 8.75. The second-order valence-corrected chi connectivity index (χ2v) is 5.95. The van der Waals surface area contributed by atoms with Gasteiger partial charge in [0, 0.05) is 5.02 Å². The van der Waals surface area contributed by atoms with E-state index in [1.807, 2.05) is 12.1 Å². The van der Waals surface area contributed by atoms with E-state index in [1.165, 1.54) is 30.4 Å². The molecule has 3 rings (SSSR count). The average molecular weight is 263 g/mol. The maximum absolute atomic E-state index is 10.6. The summed E-state index contributed by atoms with van der Waals surface area (Å²) in [6.07, 6.45) is 11.0. The predicted molar refractivity (Wildman–Crippen MR) is 75.7 cm³/mol. The highest BCUT2D eigenvalue weighted by Gasteiger charge is 2.26. The van der Waals surface area contributed by atoms with Gasteiger partial charge < -0.3 is 5.11 Å². The van der Waals surface area contributed by atoms with E-state index in [-0.39, 0.29) is 6.10 Å².